The number of phenols is 1. The number of anilines is 1. The van der Waals surface area contributed by atoms with Crippen LogP contribution in [-0.2, 0) is 4.79 Å². The third-order valence-electron chi connectivity index (χ3n) is 4.25. The molecule has 0 radical (unpaired) electrons. The van der Waals surface area contributed by atoms with Crippen LogP contribution in [0, 0.1) is 0 Å². The topological polar surface area (TPSA) is 102 Å². The highest BCUT2D eigenvalue weighted by Gasteiger charge is 2.36. The lowest BCUT2D eigenvalue weighted by atomic mass is 9.85. The van der Waals surface area contributed by atoms with E-state index in [9.17, 15) is 9.90 Å². The first-order valence-corrected chi connectivity index (χ1v) is 7.37. The van der Waals surface area contributed by atoms with Crippen molar-refractivity contribution in [2.45, 2.75) is 25.3 Å². The van der Waals surface area contributed by atoms with Gasteiger partial charge in [-0.25, -0.2) is 0 Å². The highest BCUT2D eigenvalue weighted by atomic mass is 16.5. The van der Waals surface area contributed by atoms with Crippen LogP contribution in [0.3, 0.4) is 0 Å². The molecule has 2 N–H and O–H groups in total. The molecule has 0 saturated carbocycles. The molecule has 0 spiro atoms. The normalized spacial score (nSPS) is 19.9. The van der Waals surface area contributed by atoms with Gasteiger partial charge >= 0.3 is 0 Å². The maximum atomic E-state index is 12.5. The van der Waals surface area contributed by atoms with Crippen molar-refractivity contribution in [1.82, 2.24) is 20.2 Å². The molecule has 1 atom stereocenters. The summed E-state index contributed by atoms with van der Waals surface area (Å²) in [5, 5.41) is 24.9. The molecule has 0 fully saturated rings. The minimum atomic E-state index is -0.444. The number of allylic oxidation sites excluding steroid dienone is 2. The van der Waals surface area contributed by atoms with Crippen molar-refractivity contribution in [3.8, 4) is 11.5 Å². The zero-order chi connectivity index (χ0) is 16.0. The molecule has 23 heavy (non-hydrogen) atoms. The van der Waals surface area contributed by atoms with E-state index in [4.69, 9.17) is 4.74 Å². The molecule has 1 aromatic heterocycles. The van der Waals surface area contributed by atoms with Crippen molar-refractivity contribution in [1.29, 1.82) is 0 Å². The number of carbonyl (C=O) groups is 1. The average Bonchev–Trinajstić information content (AvgIpc) is 3.01. The molecule has 2 aromatic rings. The third-order valence-corrected chi connectivity index (χ3v) is 4.25. The first-order chi connectivity index (χ1) is 11.2. The van der Waals surface area contributed by atoms with Crippen LogP contribution < -0.4 is 10.1 Å². The largest absolute Gasteiger partial charge is 0.504 e. The fourth-order valence-corrected chi connectivity index (χ4v) is 3.20. The fourth-order valence-electron chi connectivity index (χ4n) is 3.20. The van der Waals surface area contributed by atoms with Crippen LogP contribution in [0.25, 0.3) is 0 Å². The van der Waals surface area contributed by atoms with Gasteiger partial charge in [0.15, 0.2) is 17.3 Å². The van der Waals surface area contributed by atoms with E-state index < -0.39 is 6.04 Å². The zero-order valence-corrected chi connectivity index (χ0v) is 12.5. The molecule has 1 aliphatic carbocycles. The lowest BCUT2D eigenvalue weighted by molar-refractivity contribution is -0.116. The van der Waals surface area contributed by atoms with E-state index in [2.05, 4.69) is 20.8 Å². The summed E-state index contributed by atoms with van der Waals surface area (Å²) in [4.78, 5) is 12.5. The quantitative estimate of drug-likeness (QED) is 0.864. The number of ether oxygens (including phenoxy) is 1. The van der Waals surface area contributed by atoms with Crippen LogP contribution >= 0.6 is 0 Å². The Hall–Kier alpha value is -2.90. The molecule has 1 aliphatic heterocycles. The van der Waals surface area contributed by atoms with Gasteiger partial charge in [0.2, 0.25) is 5.95 Å². The lowest BCUT2D eigenvalue weighted by Gasteiger charge is -2.31. The maximum Gasteiger partial charge on any atom is 0.248 e. The standard InChI is InChI=1S/C15H15N5O3/c1-23-12-6-5-8(7-11(12)22)14-13-9(3-2-4-10(13)21)16-15-17-18-19-20(14)15/h5-7,14,22H,2-4H2,1H3,(H,16,17,19). The number of carbonyl (C=O) groups excluding carboxylic acids is 1. The minimum Gasteiger partial charge on any atom is -0.504 e. The summed E-state index contributed by atoms with van der Waals surface area (Å²) in [5.74, 6) is 0.978. The number of phenolic OH excluding ortho intramolecular Hbond substituents is 1. The Morgan fingerprint density at radius 2 is 2.26 bits per heavy atom. The van der Waals surface area contributed by atoms with Crippen LogP contribution in [0.4, 0.5) is 5.95 Å². The number of nitrogens with zero attached hydrogens (tertiary/aromatic N) is 4. The van der Waals surface area contributed by atoms with Crippen molar-refractivity contribution < 1.29 is 14.6 Å². The highest BCUT2D eigenvalue weighted by Crippen LogP contribution is 2.41. The van der Waals surface area contributed by atoms with Gasteiger partial charge in [0.05, 0.1) is 7.11 Å². The van der Waals surface area contributed by atoms with Gasteiger partial charge in [0, 0.05) is 17.7 Å². The minimum absolute atomic E-state index is 0.0172. The van der Waals surface area contributed by atoms with Gasteiger partial charge in [-0.1, -0.05) is 11.2 Å². The first-order valence-electron chi connectivity index (χ1n) is 7.37. The van der Waals surface area contributed by atoms with Crippen molar-refractivity contribution >= 4 is 11.7 Å². The molecular weight excluding hydrogens is 298 g/mol. The number of benzene rings is 1. The van der Waals surface area contributed by atoms with E-state index >= 15 is 0 Å². The van der Waals surface area contributed by atoms with Crippen LogP contribution in [-0.4, -0.2) is 38.2 Å². The summed E-state index contributed by atoms with van der Waals surface area (Å²) in [6.45, 7) is 0. The van der Waals surface area contributed by atoms with Gasteiger partial charge in [0.25, 0.3) is 0 Å². The molecule has 0 bridgehead atoms. The Bertz CT molecular complexity index is 826. The number of Topliss-reactive ketones (excluding diaryl/α,β-unsaturated/α-hetero) is 1. The monoisotopic (exact) mass is 313 g/mol. The van der Waals surface area contributed by atoms with E-state index in [1.807, 2.05) is 6.07 Å². The van der Waals surface area contributed by atoms with Gasteiger partial charge in [-0.3, -0.25) is 4.79 Å². The summed E-state index contributed by atoms with van der Waals surface area (Å²) < 4.78 is 6.65. The predicted octanol–water partition coefficient (Wildman–Crippen LogP) is 1.41. The Kier molecular flexibility index (Phi) is 3.03. The molecule has 8 heteroatoms. The number of fused-ring (bicyclic) bond motifs is 1. The maximum absolute atomic E-state index is 12.5. The second-order valence-corrected chi connectivity index (χ2v) is 5.57. The van der Waals surface area contributed by atoms with E-state index in [1.54, 1.807) is 16.8 Å². The average molecular weight is 313 g/mol. The van der Waals surface area contributed by atoms with Gasteiger partial charge in [0.1, 0.15) is 6.04 Å². The lowest BCUT2D eigenvalue weighted by Crippen LogP contribution is -2.31. The smallest absolute Gasteiger partial charge is 0.248 e. The molecule has 1 unspecified atom stereocenters. The van der Waals surface area contributed by atoms with Crippen LogP contribution in [0.2, 0.25) is 0 Å². The van der Waals surface area contributed by atoms with E-state index in [0.717, 1.165) is 24.1 Å². The SMILES string of the molecule is COc1ccc(C2C3=C(CCCC3=O)Nc3nnnn32)cc1O. The van der Waals surface area contributed by atoms with Gasteiger partial charge in [-0.2, -0.15) is 4.68 Å². The number of tetrazole rings is 1. The van der Waals surface area contributed by atoms with Crippen molar-refractivity contribution in [3.05, 3.63) is 35.0 Å². The predicted molar refractivity (Wildman–Crippen MR) is 80.1 cm³/mol. The molecule has 0 saturated heterocycles. The summed E-state index contributed by atoms with van der Waals surface area (Å²) in [6.07, 6.45) is 2.11. The van der Waals surface area contributed by atoms with Gasteiger partial charge in [-0.05, 0) is 41.0 Å². The second-order valence-electron chi connectivity index (χ2n) is 5.57. The Labute approximate surface area is 131 Å². The van der Waals surface area contributed by atoms with Crippen molar-refractivity contribution in [2.24, 2.45) is 0 Å². The number of hydrogen-bond acceptors (Lipinski definition) is 7. The van der Waals surface area contributed by atoms with Crippen molar-refractivity contribution in [3.63, 3.8) is 0 Å². The molecule has 2 heterocycles. The Morgan fingerprint density at radius 1 is 1.39 bits per heavy atom. The molecule has 2 aliphatic rings. The summed E-state index contributed by atoms with van der Waals surface area (Å²) in [5.41, 5.74) is 2.27. The number of aromatic hydroxyl groups is 1. The van der Waals surface area contributed by atoms with Crippen LogP contribution in [0.15, 0.2) is 29.5 Å². The number of methoxy groups -OCH3 is 1. The van der Waals surface area contributed by atoms with Gasteiger partial charge in [-0.15, -0.1) is 0 Å². The molecule has 4 rings (SSSR count). The van der Waals surface area contributed by atoms with Gasteiger partial charge < -0.3 is 15.2 Å². The van der Waals surface area contributed by atoms with E-state index in [-0.39, 0.29) is 11.5 Å². The van der Waals surface area contributed by atoms with E-state index in [0.29, 0.717) is 23.7 Å². The second kappa shape index (κ2) is 5.08. The highest BCUT2D eigenvalue weighted by molar-refractivity contribution is 5.99. The molecule has 1 aromatic carbocycles. The zero-order valence-electron chi connectivity index (χ0n) is 12.5. The number of aromatic nitrogens is 4. The Balaban J connectivity index is 1.89. The first kappa shape index (κ1) is 13.7. The molecular formula is C15H15N5O3. The number of ketones is 1. The van der Waals surface area contributed by atoms with E-state index in [1.165, 1.54) is 7.11 Å². The Morgan fingerprint density at radius 3 is 3.04 bits per heavy atom. The molecule has 118 valence electrons. The fraction of sp³-hybridized carbons (Fsp3) is 0.333. The third kappa shape index (κ3) is 2.06. The number of rotatable bonds is 2. The van der Waals surface area contributed by atoms with Crippen LogP contribution in [0.1, 0.15) is 30.9 Å². The number of hydrogen-bond donors (Lipinski definition) is 2. The van der Waals surface area contributed by atoms with Crippen LogP contribution in [0.5, 0.6) is 11.5 Å². The summed E-state index contributed by atoms with van der Waals surface area (Å²) in [7, 11) is 1.49. The summed E-state index contributed by atoms with van der Waals surface area (Å²) in [6, 6.07) is 4.63. The van der Waals surface area contributed by atoms with Crippen molar-refractivity contribution in [2.75, 3.05) is 12.4 Å². The molecule has 8 nitrogen and oxygen atoms in total. The molecule has 0 amide bonds. The number of nitrogens with one attached hydrogen (secondary N) is 1. The summed E-state index contributed by atoms with van der Waals surface area (Å²) >= 11 is 0.